The topological polar surface area (TPSA) is 125 Å². The predicted molar refractivity (Wildman–Crippen MR) is 204 cm³/mol. The molecule has 0 saturated carbocycles. The van der Waals surface area contributed by atoms with E-state index in [9.17, 15) is 23.1 Å². The smallest absolute Gasteiger partial charge is 0.326 e. The zero-order valence-electron chi connectivity index (χ0n) is 27.7. The van der Waals surface area contributed by atoms with Crippen LogP contribution in [0, 0.1) is 0 Å². The number of carboxylic acid groups (broad SMARTS) is 1. The van der Waals surface area contributed by atoms with E-state index in [2.05, 4.69) is 26.0 Å². The van der Waals surface area contributed by atoms with Crippen LogP contribution in [-0.2, 0) is 21.2 Å². The number of nitrogens with zero attached hydrogens (tertiary/aromatic N) is 1. The average Bonchev–Trinajstić information content (AvgIpc) is 3.12. The molecule has 0 spiro atoms. The first-order chi connectivity index (χ1) is 24.5. The Morgan fingerprint density at radius 2 is 1.49 bits per heavy atom. The first kappa shape index (κ1) is 35.2. The largest absolute Gasteiger partial charge is 0.480 e. The summed E-state index contributed by atoms with van der Waals surface area (Å²) in [5.74, 6) is -0.613. The van der Waals surface area contributed by atoms with Crippen LogP contribution in [0.4, 0.5) is 11.4 Å². The molecule has 9 nitrogen and oxygen atoms in total. The summed E-state index contributed by atoms with van der Waals surface area (Å²) >= 11 is 3.35. The quantitative estimate of drug-likeness (QED) is 0.114. The van der Waals surface area contributed by atoms with E-state index in [0.29, 0.717) is 26.9 Å². The lowest BCUT2D eigenvalue weighted by atomic mass is 9.99. The minimum absolute atomic E-state index is 0.00125. The highest BCUT2D eigenvalue weighted by Gasteiger charge is 2.26. The third kappa shape index (κ3) is 8.06. The van der Waals surface area contributed by atoms with Crippen LogP contribution in [0.3, 0.4) is 0 Å². The molecule has 51 heavy (non-hydrogen) atoms. The second-order valence-electron chi connectivity index (χ2n) is 12.0. The first-order valence-electron chi connectivity index (χ1n) is 16.0. The molecule has 0 aliphatic heterocycles. The number of ether oxygens (including phenoxy) is 1. The van der Waals surface area contributed by atoms with Crippen LogP contribution in [0.25, 0.3) is 21.9 Å². The molecule has 258 valence electrons. The number of amides is 1. The van der Waals surface area contributed by atoms with Crippen LogP contribution in [0.5, 0.6) is 11.5 Å². The van der Waals surface area contributed by atoms with Gasteiger partial charge in [0.1, 0.15) is 17.5 Å². The molecule has 6 aromatic rings. The molecule has 0 aliphatic carbocycles. The van der Waals surface area contributed by atoms with Gasteiger partial charge in [0.25, 0.3) is 15.9 Å². The maximum absolute atomic E-state index is 13.8. The molecule has 3 N–H and O–H groups in total. The highest BCUT2D eigenvalue weighted by Crippen LogP contribution is 2.34. The van der Waals surface area contributed by atoms with Crippen molar-refractivity contribution in [1.82, 2.24) is 5.32 Å². The van der Waals surface area contributed by atoms with Gasteiger partial charge < -0.3 is 20.1 Å². The molecule has 0 saturated heterocycles. The van der Waals surface area contributed by atoms with Crippen molar-refractivity contribution in [2.45, 2.75) is 17.4 Å². The average molecular weight is 765 g/mol. The minimum Gasteiger partial charge on any atom is -0.480 e. The number of hydrogen-bond acceptors (Lipinski definition) is 6. The Morgan fingerprint density at radius 3 is 2.22 bits per heavy atom. The summed E-state index contributed by atoms with van der Waals surface area (Å²) in [6.07, 6.45) is -0.0111. The normalized spacial score (nSPS) is 11.8. The van der Waals surface area contributed by atoms with Gasteiger partial charge in [0, 0.05) is 47.0 Å². The number of benzene rings is 6. The number of fused-ring (bicyclic) bond motifs is 1. The van der Waals surface area contributed by atoms with Gasteiger partial charge >= 0.3 is 5.97 Å². The second kappa shape index (κ2) is 15.1. The first-order valence-corrected chi connectivity index (χ1v) is 18.2. The van der Waals surface area contributed by atoms with Crippen molar-refractivity contribution in [2.75, 3.05) is 23.7 Å². The van der Waals surface area contributed by atoms with Crippen LogP contribution in [0.1, 0.15) is 15.9 Å². The Kier molecular flexibility index (Phi) is 10.4. The molecule has 1 atom stereocenters. The van der Waals surface area contributed by atoms with Crippen molar-refractivity contribution in [3.63, 3.8) is 0 Å². The van der Waals surface area contributed by atoms with Crippen molar-refractivity contribution in [3.8, 4) is 22.6 Å². The Bertz CT molecular complexity index is 2330. The van der Waals surface area contributed by atoms with E-state index in [4.69, 9.17) is 4.74 Å². The predicted octanol–water partition coefficient (Wildman–Crippen LogP) is 8.35. The molecule has 0 bridgehead atoms. The number of carbonyl (C=O) groups is 2. The maximum atomic E-state index is 13.8. The molecular weight excluding hydrogens is 730 g/mol. The van der Waals surface area contributed by atoms with E-state index in [1.54, 1.807) is 36.4 Å². The molecule has 0 heterocycles. The van der Waals surface area contributed by atoms with Crippen LogP contribution in [0.2, 0.25) is 0 Å². The summed E-state index contributed by atoms with van der Waals surface area (Å²) in [5, 5.41) is 14.0. The standard InChI is InChI=1S/C40H34BrN3O6S/c1-44(2)36-15-8-14-32-31(36)13-9-17-38(32)51(48,49)43-34-23-22-28(41)25-33(34)39(45)42-35(40(46)47)24-26-18-20-27(21-19-26)30-12-6-7-16-37(30)50-29-10-4-3-5-11-29/h3-23,25,35,43H,24H2,1-2H3,(H,42,45)(H,46,47). The molecule has 0 radical (unpaired) electrons. The Balaban J connectivity index is 1.21. The summed E-state index contributed by atoms with van der Waals surface area (Å²) in [7, 11) is -0.425. The van der Waals surface area contributed by atoms with Gasteiger partial charge in [-0.15, -0.1) is 0 Å². The lowest BCUT2D eigenvalue weighted by Crippen LogP contribution is -2.42. The van der Waals surface area contributed by atoms with Crippen molar-refractivity contribution < 1.29 is 27.9 Å². The summed E-state index contributed by atoms with van der Waals surface area (Å²) in [6, 6.07) is 38.1. The molecule has 11 heteroatoms. The minimum atomic E-state index is -4.18. The monoisotopic (exact) mass is 763 g/mol. The summed E-state index contributed by atoms with van der Waals surface area (Å²) in [4.78, 5) is 28.0. The number of rotatable bonds is 12. The van der Waals surface area contributed by atoms with Gasteiger partial charge in [-0.05, 0) is 59.7 Å². The molecule has 0 aromatic heterocycles. The number of anilines is 2. The van der Waals surface area contributed by atoms with Gasteiger partial charge in [0.05, 0.1) is 16.1 Å². The number of carboxylic acids is 1. The van der Waals surface area contributed by atoms with Gasteiger partial charge in [-0.1, -0.05) is 101 Å². The van der Waals surface area contributed by atoms with E-state index < -0.39 is 27.9 Å². The van der Waals surface area contributed by atoms with Crippen LogP contribution < -0.4 is 19.7 Å². The third-order valence-electron chi connectivity index (χ3n) is 8.27. The molecule has 6 rings (SSSR count). The van der Waals surface area contributed by atoms with E-state index in [1.165, 1.54) is 18.2 Å². The molecule has 0 fully saturated rings. The van der Waals surface area contributed by atoms with Crippen molar-refractivity contribution in [3.05, 3.63) is 149 Å². The number of aliphatic carboxylic acids is 1. The Labute approximate surface area is 304 Å². The molecule has 6 aromatic carbocycles. The molecular formula is C40H34BrN3O6S. The van der Waals surface area contributed by atoms with Crippen molar-refractivity contribution in [2.24, 2.45) is 0 Å². The highest BCUT2D eigenvalue weighted by molar-refractivity contribution is 9.10. The van der Waals surface area contributed by atoms with Crippen LogP contribution in [0.15, 0.2) is 143 Å². The summed E-state index contributed by atoms with van der Waals surface area (Å²) in [6.45, 7) is 0. The number of hydrogen-bond donors (Lipinski definition) is 3. The fourth-order valence-electron chi connectivity index (χ4n) is 5.78. The van der Waals surface area contributed by atoms with E-state index in [1.807, 2.05) is 97.9 Å². The van der Waals surface area contributed by atoms with Gasteiger partial charge in [-0.3, -0.25) is 9.52 Å². The van der Waals surface area contributed by atoms with Gasteiger partial charge in [-0.25, -0.2) is 13.2 Å². The second-order valence-corrected chi connectivity index (χ2v) is 14.6. The zero-order valence-corrected chi connectivity index (χ0v) is 30.1. The van der Waals surface area contributed by atoms with Crippen molar-refractivity contribution in [1.29, 1.82) is 0 Å². The van der Waals surface area contributed by atoms with E-state index in [-0.39, 0.29) is 22.6 Å². The number of carbonyl (C=O) groups excluding carboxylic acids is 1. The Hall–Kier alpha value is -5.65. The Morgan fingerprint density at radius 1 is 0.804 bits per heavy atom. The SMILES string of the molecule is CN(C)c1cccc2c(S(=O)(=O)Nc3ccc(Br)cc3C(=O)NC(Cc3ccc(-c4ccccc4Oc4ccccc4)cc3)C(=O)O)cccc12. The van der Waals surface area contributed by atoms with Crippen LogP contribution >= 0.6 is 15.9 Å². The molecule has 1 unspecified atom stereocenters. The van der Waals surface area contributed by atoms with E-state index in [0.717, 1.165) is 22.2 Å². The van der Waals surface area contributed by atoms with Gasteiger partial charge in [-0.2, -0.15) is 0 Å². The number of halogens is 1. The fourth-order valence-corrected chi connectivity index (χ4v) is 7.45. The van der Waals surface area contributed by atoms with Crippen molar-refractivity contribution >= 4 is 60.0 Å². The lowest BCUT2D eigenvalue weighted by Gasteiger charge is -2.19. The highest BCUT2D eigenvalue weighted by atomic mass is 79.9. The lowest BCUT2D eigenvalue weighted by molar-refractivity contribution is -0.139. The summed E-state index contributed by atoms with van der Waals surface area (Å²) in [5.41, 5.74) is 3.22. The summed E-state index contributed by atoms with van der Waals surface area (Å²) < 4.78 is 36.8. The number of nitrogens with one attached hydrogen (secondary N) is 2. The zero-order chi connectivity index (χ0) is 36.1. The van der Waals surface area contributed by atoms with Gasteiger partial charge in [0.15, 0.2) is 0 Å². The van der Waals surface area contributed by atoms with Crippen LogP contribution in [-0.4, -0.2) is 45.5 Å². The fraction of sp³-hybridized carbons (Fsp3) is 0.100. The maximum Gasteiger partial charge on any atom is 0.326 e. The number of para-hydroxylation sites is 2. The third-order valence-corrected chi connectivity index (χ3v) is 10.2. The molecule has 1 amide bonds. The van der Waals surface area contributed by atoms with Gasteiger partial charge in [0.2, 0.25) is 0 Å². The number of sulfonamides is 1. The molecule has 0 aliphatic rings. The van der Waals surface area contributed by atoms with E-state index >= 15 is 0 Å².